The number of benzene rings is 3. The molecule has 0 aliphatic carbocycles. The molecule has 3 rings (SSSR count). The summed E-state index contributed by atoms with van der Waals surface area (Å²) in [5.41, 5.74) is 4.06. The fraction of sp³-hybridized carbons (Fsp3) is 0.208. The molecule has 168 valence electrons. The third-order valence-electron chi connectivity index (χ3n) is 4.93. The molecule has 0 saturated heterocycles. The van der Waals surface area contributed by atoms with Crippen LogP contribution in [0.2, 0.25) is 5.02 Å². The number of ether oxygens (including phenoxy) is 1. The highest BCUT2D eigenvalue weighted by Crippen LogP contribution is 2.24. The van der Waals surface area contributed by atoms with Crippen molar-refractivity contribution < 1.29 is 17.9 Å². The van der Waals surface area contributed by atoms with Crippen LogP contribution in [0.3, 0.4) is 0 Å². The molecule has 3 aromatic rings. The van der Waals surface area contributed by atoms with E-state index in [1.54, 1.807) is 18.2 Å². The minimum atomic E-state index is -3.79. The fourth-order valence-corrected chi connectivity index (χ4v) is 4.34. The Morgan fingerprint density at radius 3 is 2.38 bits per heavy atom. The van der Waals surface area contributed by atoms with Crippen LogP contribution in [0.1, 0.15) is 23.6 Å². The Balaban J connectivity index is 1.62. The number of sulfonamides is 1. The number of nitrogens with one attached hydrogen (secondary N) is 2. The zero-order valence-corrected chi connectivity index (χ0v) is 19.7. The van der Waals surface area contributed by atoms with Crippen molar-refractivity contribution in [3.8, 4) is 5.75 Å². The number of anilines is 2. The fourth-order valence-electron chi connectivity index (χ4n) is 3.11. The molecule has 0 aliphatic heterocycles. The van der Waals surface area contributed by atoms with Gasteiger partial charge in [0.1, 0.15) is 5.75 Å². The monoisotopic (exact) mass is 472 g/mol. The Kier molecular flexibility index (Phi) is 7.43. The molecule has 0 unspecified atom stereocenters. The number of carbonyl (C=O) groups is 1. The van der Waals surface area contributed by atoms with Crippen molar-refractivity contribution in [1.82, 2.24) is 0 Å². The van der Waals surface area contributed by atoms with Crippen molar-refractivity contribution in [2.45, 2.75) is 32.1 Å². The molecule has 0 spiro atoms. The van der Waals surface area contributed by atoms with Crippen LogP contribution in [-0.4, -0.2) is 20.9 Å². The third-order valence-corrected chi connectivity index (χ3v) is 6.74. The first-order chi connectivity index (χ1) is 15.2. The number of halogens is 1. The second-order valence-corrected chi connectivity index (χ2v) is 9.43. The lowest BCUT2D eigenvalue weighted by molar-refractivity contribution is -0.118. The Hall–Kier alpha value is -3.03. The number of rotatable bonds is 8. The van der Waals surface area contributed by atoms with Crippen LogP contribution in [-0.2, 0) is 21.2 Å². The summed E-state index contributed by atoms with van der Waals surface area (Å²) in [4.78, 5) is 12.4. The normalized spacial score (nSPS) is 11.1. The van der Waals surface area contributed by atoms with E-state index >= 15 is 0 Å². The molecule has 3 aromatic carbocycles. The summed E-state index contributed by atoms with van der Waals surface area (Å²) in [7, 11) is -3.79. The highest BCUT2D eigenvalue weighted by molar-refractivity contribution is 7.92. The van der Waals surface area contributed by atoms with E-state index in [0.717, 1.165) is 28.8 Å². The van der Waals surface area contributed by atoms with Gasteiger partial charge in [-0.1, -0.05) is 42.8 Å². The largest absolute Gasteiger partial charge is 0.484 e. The Morgan fingerprint density at radius 2 is 1.72 bits per heavy atom. The third kappa shape index (κ3) is 5.81. The van der Waals surface area contributed by atoms with Gasteiger partial charge in [-0.3, -0.25) is 9.52 Å². The molecule has 0 radical (unpaired) electrons. The molecule has 6 nitrogen and oxygen atoms in total. The maximum absolute atomic E-state index is 12.6. The number of amides is 1. The summed E-state index contributed by atoms with van der Waals surface area (Å²) < 4.78 is 33.2. The van der Waals surface area contributed by atoms with Crippen LogP contribution in [0.4, 0.5) is 11.4 Å². The first kappa shape index (κ1) is 23.6. The Bertz CT molecular complexity index is 1230. The van der Waals surface area contributed by atoms with Crippen LogP contribution in [0.15, 0.2) is 65.6 Å². The van der Waals surface area contributed by atoms with Gasteiger partial charge in [-0.2, -0.15) is 0 Å². The molecule has 1 amide bonds. The van der Waals surface area contributed by atoms with Crippen LogP contribution in [0.25, 0.3) is 0 Å². The topological polar surface area (TPSA) is 84.5 Å². The maximum atomic E-state index is 12.6. The second-order valence-electron chi connectivity index (χ2n) is 7.34. The molecule has 0 aromatic heterocycles. The molecule has 0 fully saturated rings. The van der Waals surface area contributed by atoms with E-state index < -0.39 is 10.0 Å². The number of hydrogen-bond donors (Lipinski definition) is 2. The van der Waals surface area contributed by atoms with Crippen LogP contribution < -0.4 is 14.8 Å². The summed E-state index contributed by atoms with van der Waals surface area (Å²) in [5, 5.41) is 3.37. The minimum Gasteiger partial charge on any atom is -0.484 e. The zero-order valence-electron chi connectivity index (χ0n) is 18.1. The lowest BCUT2D eigenvalue weighted by Crippen LogP contribution is -2.21. The Morgan fingerprint density at radius 1 is 1.00 bits per heavy atom. The summed E-state index contributed by atoms with van der Waals surface area (Å²) in [5.74, 6) is 0.0987. The first-order valence-corrected chi connectivity index (χ1v) is 12.0. The SMILES string of the molecule is CCc1cccc(C)c1NC(=O)COc1ccc(S(=O)(=O)Nc2ccc(C)c(Cl)c2)cc1. The van der Waals surface area contributed by atoms with E-state index in [1.807, 2.05) is 39.0 Å². The average Bonchev–Trinajstić information content (AvgIpc) is 2.76. The lowest BCUT2D eigenvalue weighted by atomic mass is 10.1. The zero-order chi connectivity index (χ0) is 23.3. The predicted octanol–water partition coefficient (Wildman–Crippen LogP) is 5.34. The summed E-state index contributed by atoms with van der Waals surface area (Å²) in [6.07, 6.45) is 0.802. The van der Waals surface area contributed by atoms with E-state index in [9.17, 15) is 13.2 Å². The first-order valence-electron chi connectivity index (χ1n) is 10.1. The lowest BCUT2D eigenvalue weighted by Gasteiger charge is -2.13. The van der Waals surface area contributed by atoms with Crippen molar-refractivity contribution in [1.29, 1.82) is 0 Å². The highest BCUT2D eigenvalue weighted by atomic mass is 35.5. The summed E-state index contributed by atoms with van der Waals surface area (Å²) in [6, 6.07) is 16.7. The Labute approximate surface area is 193 Å². The van der Waals surface area contributed by atoms with Crippen molar-refractivity contribution in [3.63, 3.8) is 0 Å². The van der Waals surface area contributed by atoms with E-state index in [4.69, 9.17) is 16.3 Å². The van der Waals surface area contributed by atoms with Gasteiger partial charge in [-0.15, -0.1) is 0 Å². The number of hydrogen-bond acceptors (Lipinski definition) is 4. The van der Waals surface area contributed by atoms with Gasteiger partial charge in [0.05, 0.1) is 10.6 Å². The van der Waals surface area contributed by atoms with E-state index in [-0.39, 0.29) is 17.4 Å². The molecule has 0 aliphatic rings. The van der Waals surface area contributed by atoms with Crippen molar-refractivity contribution in [2.24, 2.45) is 0 Å². The van der Waals surface area contributed by atoms with Crippen molar-refractivity contribution in [3.05, 3.63) is 82.4 Å². The molecule has 0 saturated carbocycles. The quantitative estimate of drug-likeness (QED) is 0.463. The van der Waals surface area contributed by atoms with Crippen LogP contribution in [0, 0.1) is 13.8 Å². The molecular weight excluding hydrogens is 448 g/mol. The number of aryl methyl sites for hydroxylation is 3. The van der Waals surface area contributed by atoms with E-state index in [2.05, 4.69) is 10.0 Å². The highest BCUT2D eigenvalue weighted by Gasteiger charge is 2.15. The van der Waals surface area contributed by atoms with E-state index in [0.29, 0.717) is 16.5 Å². The standard InChI is InChI=1S/C24H25ClN2O4S/c1-4-18-7-5-6-17(3)24(18)26-23(28)15-31-20-10-12-21(13-11-20)32(29,30)27-19-9-8-16(2)22(25)14-19/h5-14,27H,4,15H2,1-3H3,(H,26,28). The molecule has 2 N–H and O–H groups in total. The number of carbonyl (C=O) groups excluding carboxylic acids is 1. The van der Waals surface area contributed by atoms with Gasteiger partial charge in [0.15, 0.2) is 6.61 Å². The van der Waals surface area contributed by atoms with Gasteiger partial charge in [0.2, 0.25) is 0 Å². The van der Waals surface area contributed by atoms with Gasteiger partial charge in [0, 0.05) is 10.7 Å². The molecule has 0 heterocycles. The van der Waals surface area contributed by atoms with Gasteiger partial charge in [0.25, 0.3) is 15.9 Å². The van der Waals surface area contributed by atoms with Crippen LogP contribution in [0.5, 0.6) is 5.75 Å². The second kappa shape index (κ2) is 10.1. The minimum absolute atomic E-state index is 0.0681. The molecular formula is C24H25ClN2O4S. The van der Waals surface area contributed by atoms with Crippen molar-refractivity contribution >= 4 is 38.9 Å². The molecule has 0 atom stereocenters. The molecule has 0 bridgehead atoms. The van der Waals surface area contributed by atoms with Crippen LogP contribution >= 0.6 is 11.6 Å². The molecule has 8 heteroatoms. The van der Waals surface area contributed by atoms with Gasteiger partial charge in [-0.05, 0) is 73.4 Å². The maximum Gasteiger partial charge on any atom is 0.262 e. The average molecular weight is 473 g/mol. The van der Waals surface area contributed by atoms with Crippen molar-refractivity contribution in [2.75, 3.05) is 16.6 Å². The van der Waals surface area contributed by atoms with E-state index in [1.165, 1.54) is 24.3 Å². The predicted molar refractivity (Wildman–Crippen MR) is 128 cm³/mol. The smallest absolute Gasteiger partial charge is 0.262 e. The summed E-state index contributed by atoms with van der Waals surface area (Å²) >= 11 is 6.06. The summed E-state index contributed by atoms with van der Waals surface area (Å²) in [6.45, 7) is 5.61. The molecule has 32 heavy (non-hydrogen) atoms. The van der Waals surface area contributed by atoms with Gasteiger partial charge < -0.3 is 10.1 Å². The number of para-hydroxylation sites is 1. The van der Waals surface area contributed by atoms with Gasteiger partial charge >= 0.3 is 0 Å². The van der Waals surface area contributed by atoms with Gasteiger partial charge in [-0.25, -0.2) is 8.42 Å².